The first kappa shape index (κ1) is 23.8. The van der Waals surface area contributed by atoms with Gasteiger partial charge in [0, 0.05) is 23.0 Å². The standard InChI is InChI=1S/C30H26N4O3/c1-22-14-16-24(17-15-22)29(36)33(19-26-13-8-18-37-26)21-28(35)32-30-31-27(23-9-4-2-5-10-23)20-34(30)25-11-6-3-7-12-25/h2-18,20H,19,21H2,1H3,(H,31,32,35). The molecular weight excluding hydrogens is 464 g/mol. The van der Waals surface area contributed by atoms with E-state index in [1.807, 2.05) is 90.5 Å². The largest absolute Gasteiger partial charge is 0.467 e. The third kappa shape index (κ3) is 5.67. The van der Waals surface area contributed by atoms with Gasteiger partial charge in [-0.1, -0.05) is 66.2 Å². The van der Waals surface area contributed by atoms with E-state index in [2.05, 4.69) is 5.32 Å². The van der Waals surface area contributed by atoms with Crippen molar-refractivity contribution in [3.05, 3.63) is 126 Å². The Morgan fingerprint density at radius 2 is 1.59 bits per heavy atom. The third-order valence-corrected chi connectivity index (χ3v) is 5.91. The van der Waals surface area contributed by atoms with Crippen LogP contribution in [0.3, 0.4) is 0 Å². The molecule has 5 rings (SSSR count). The number of aryl methyl sites for hydroxylation is 1. The molecule has 2 aromatic heterocycles. The summed E-state index contributed by atoms with van der Waals surface area (Å²) in [4.78, 5) is 32.8. The van der Waals surface area contributed by atoms with Gasteiger partial charge in [-0.25, -0.2) is 4.98 Å². The number of carbonyl (C=O) groups excluding carboxylic acids is 2. The molecule has 0 spiro atoms. The van der Waals surface area contributed by atoms with E-state index in [0.29, 0.717) is 17.3 Å². The van der Waals surface area contributed by atoms with E-state index in [0.717, 1.165) is 22.5 Å². The van der Waals surface area contributed by atoms with E-state index in [-0.39, 0.29) is 24.9 Å². The van der Waals surface area contributed by atoms with Crippen molar-refractivity contribution >= 4 is 17.8 Å². The number of anilines is 1. The van der Waals surface area contributed by atoms with Crippen molar-refractivity contribution in [2.75, 3.05) is 11.9 Å². The first-order chi connectivity index (χ1) is 18.1. The maximum atomic E-state index is 13.3. The van der Waals surface area contributed by atoms with Gasteiger partial charge in [-0.3, -0.25) is 19.5 Å². The molecule has 5 aromatic rings. The molecule has 0 bridgehead atoms. The number of carbonyl (C=O) groups is 2. The zero-order valence-electron chi connectivity index (χ0n) is 20.4. The van der Waals surface area contributed by atoms with E-state index in [1.54, 1.807) is 30.5 Å². The van der Waals surface area contributed by atoms with Gasteiger partial charge in [-0.2, -0.15) is 0 Å². The SMILES string of the molecule is Cc1ccc(C(=O)N(CC(=O)Nc2nc(-c3ccccc3)cn2-c2ccccc2)Cc2ccco2)cc1. The van der Waals surface area contributed by atoms with Gasteiger partial charge >= 0.3 is 0 Å². The molecule has 0 saturated heterocycles. The second-order valence-electron chi connectivity index (χ2n) is 8.68. The van der Waals surface area contributed by atoms with E-state index < -0.39 is 0 Å². The number of rotatable bonds is 8. The molecule has 0 unspecified atom stereocenters. The van der Waals surface area contributed by atoms with Crippen LogP contribution in [0.25, 0.3) is 16.9 Å². The predicted octanol–water partition coefficient (Wildman–Crippen LogP) is 5.72. The Morgan fingerprint density at radius 1 is 0.892 bits per heavy atom. The fourth-order valence-electron chi connectivity index (χ4n) is 4.01. The maximum absolute atomic E-state index is 13.3. The van der Waals surface area contributed by atoms with Crippen molar-refractivity contribution in [3.8, 4) is 16.9 Å². The molecule has 0 aliphatic rings. The number of aromatic nitrogens is 2. The summed E-state index contributed by atoms with van der Waals surface area (Å²) in [6.07, 6.45) is 3.43. The number of hydrogen-bond acceptors (Lipinski definition) is 4. The van der Waals surface area contributed by atoms with E-state index in [1.165, 1.54) is 4.90 Å². The molecule has 1 N–H and O–H groups in total. The Kier molecular flexibility index (Phi) is 6.94. The lowest BCUT2D eigenvalue weighted by Crippen LogP contribution is -2.37. The lowest BCUT2D eigenvalue weighted by atomic mass is 10.1. The molecule has 7 nitrogen and oxygen atoms in total. The Balaban J connectivity index is 1.41. The van der Waals surface area contributed by atoms with Gasteiger partial charge in [0.1, 0.15) is 12.3 Å². The van der Waals surface area contributed by atoms with E-state index in [4.69, 9.17) is 9.40 Å². The van der Waals surface area contributed by atoms with Gasteiger partial charge in [0.15, 0.2) is 0 Å². The highest BCUT2D eigenvalue weighted by atomic mass is 16.3. The minimum atomic E-state index is -0.366. The fourth-order valence-corrected chi connectivity index (χ4v) is 4.01. The molecule has 184 valence electrons. The van der Waals surface area contributed by atoms with Crippen LogP contribution in [0.5, 0.6) is 0 Å². The van der Waals surface area contributed by atoms with Crippen LogP contribution in [0.15, 0.2) is 114 Å². The molecule has 3 aromatic carbocycles. The molecule has 7 heteroatoms. The van der Waals surface area contributed by atoms with Gasteiger partial charge in [0.25, 0.3) is 5.91 Å². The second kappa shape index (κ2) is 10.8. The zero-order chi connectivity index (χ0) is 25.6. The summed E-state index contributed by atoms with van der Waals surface area (Å²) in [5.41, 5.74) is 4.07. The molecule has 0 saturated carbocycles. The average Bonchev–Trinajstić information content (AvgIpc) is 3.59. The van der Waals surface area contributed by atoms with Crippen LogP contribution in [0, 0.1) is 6.92 Å². The lowest BCUT2D eigenvalue weighted by Gasteiger charge is -2.21. The molecule has 0 radical (unpaired) electrons. The van der Waals surface area contributed by atoms with Gasteiger partial charge in [-0.05, 0) is 43.3 Å². The Labute approximate surface area is 215 Å². The monoisotopic (exact) mass is 490 g/mol. The number of benzene rings is 3. The van der Waals surface area contributed by atoms with E-state index >= 15 is 0 Å². The highest BCUT2D eigenvalue weighted by molar-refractivity contribution is 5.99. The summed E-state index contributed by atoms with van der Waals surface area (Å²) in [5, 5.41) is 2.91. The normalized spacial score (nSPS) is 10.7. The Morgan fingerprint density at radius 3 is 2.27 bits per heavy atom. The van der Waals surface area contributed by atoms with Crippen LogP contribution < -0.4 is 5.32 Å². The number of para-hydroxylation sites is 1. The van der Waals surface area contributed by atoms with Crippen LogP contribution in [0.2, 0.25) is 0 Å². The number of amides is 2. The van der Waals surface area contributed by atoms with Crippen LogP contribution in [-0.4, -0.2) is 32.8 Å². The van der Waals surface area contributed by atoms with Crippen LogP contribution >= 0.6 is 0 Å². The highest BCUT2D eigenvalue weighted by Gasteiger charge is 2.22. The van der Waals surface area contributed by atoms with Crippen molar-refractivity contribution in [2.45, 2.75) is 13.5 Å². The summed E-state index contributed by atoms with van der Waals surface area (Å²) in [7, 11) is 0. The molecule has 2 amide bonds. The van der Waals surface area contributed by atoms with Crippen molar-refractivity contribution in [2.24, 2.45) is 0 Å². The summed E-state index contributed by atoms with van der Waals surface area (Å²) in [6, 6.07) is 30.2. The predicted molar refractivity (Wildman–Crippen MR) is 142 cm³/mol. The first-order valence-electron chi connectivity index (χ1n) is 12.0. The lowest BCUT2D eigenvalue weighted by molar-refractivity contribution is -0.117. The van der Waals surface area contributed by atoms with Crippen molar-refractivity contribution in [3.63, 3.8) is 0 Å². The molecule has 0 atom stereocenters. The zero-order valence-corrected chi connectivity index (χ0v) is 20.4. The number of furan rings is 1. The highest BCUT2D eigenvalue weighted by Crippen LogP contribution is 2.24. The average molecular weight is 491 g/mol. The first-order valence-corrected chi connectivity index (χ1v) is 12.0. The van der Waals surface area contributed by atoms with Crippen LogP contribution in [0.1, 0.15) is 21.7 Å². The molecule has 0 aliphatic carbocycles. The van der Waals surface area contributed by atoms with Gasteiger partial charge in [0.2, 0.25) is 11.9 Å². The molecule has 37 heavy (non-hydrogen) atoms. The smallest absolute Gasteiger partial charge is 0.254 e. The number of nitrogens with zero attached hydrogens (tertiary/aromatic N) is 3. The summed E-state index contributed by atoms with van der Waals surface area (Å²) in [6.45, 7) is 1.95. The number of imidazole rings is 1. The van der Waals surface area contributed by atoms with Crippen molar-refractivity contribution in [1.82, 2.24) is 14.5 Å². The Hall–Kier alpha value is -4.91. The summed E-state index contributed by atoms with van der Waals surface area (Å²) in [5.74, 6) is 0.332. The maximum Gasteiger partial charge on any atom is 0.254 e. The number of hydrogen-bond donors (Lipinski definition) is 1. The molecular formula is C30H26N4O3. The van der Waals surface area contributed by atoms with Crippen LogP contribution in [-0.2, 0) is 11.3 Å². The quantitative estimate of drug-likeness (QED) is 0.302. The minimum Gasteiger partial charge on any atom is -0.467 e. The minimum absolute atomic E-state index is 0.162. The topological polar surface area (TPSA) is 80.4 Å². The van der Waals surface area contributed by atoms with E-state index in [9.17, 15) is 9.59 Å². The van der Waals surface area contributed by atoms with Gasteiger partial charge in [-0.15, -0.1) is 0 Å². The fraction of sp³-hybridized carbons (Fsp3) is 0.100. The van der Waals surface area contributed by atoms with Crippen molar-refractivity contribution in [1.29, 1.82) is 0 Å². The summed E-state index contributed by atoms with van der Waals surface area (Å²) >= 11 is 0. The third-order valence-electron chi connectivity index (χ3n) is 5.91. The van der Waals surface area contributed by atoms with Crippen LogP contribution in [0.4, 0.5) is 5.95 Å². The van der Waals surface area contributed by atoms with Gasteiger partial charge < -0.3 is 9.32 Å². The number of nitrogens with one attached hydrogen (secondary N) is 1. The molecule has 2 heterocycles. The van der Waals surface area contributed by atoms with Crippen molar-refractivity contribution < 1.29 is 14.0 Å². The summed E-state index contributed by atoms with van der Waals surface area (Å²) < 4.78 is 7.29. The molecule has 0 fully saturated rings. The Bertz CT molecular complexity index is 1480. The van der Waals surface area contributed by atoms with Gasteiger partial charge in [0.05, 0.1) is 18.5 Å². The molecule has 0 aliphatic heterocycles. The second-order valence-corrected chi connectivity index (χ2v) is 8.68.